The summed E-state index contributed by atoms with van der Waals surface area (Å²) in [6.45, 7) is 3.04. The molecule has 3 heterocycles. The Morgan fingerprint density at radius 2 is 1.97 bits per heavy atom. The first-order chi connectivity index (χ1) is 14.9. The Morgan fingerprint density at radius 3 is 2.65 bits per heavy atom. The van der Waals surface area contributed by atoms with Crippen molar-refractivity contribution in [3.8, 4) is 0 Å². The SMILES string of the molecule is CCc1cnn2c(Nc3ccc(S(C)(=O)=O)cc3)nc(N3CCCCC3CCO)nc12. The smallest absolute Gasteiger partial charge is 0.233 e. The molecule has 9 nitrogen and oxygen atoms in total. The normalized spacial score (nSPS) is 17.3. The molecule has 1 saturated heterocycles. The van der Waals surface area contributed by atoms with Gasteiger partial charge in [-0.2, -0.15) is 19.6 Å². The highest BCUT2D eigenvalue weighted by atomic mass is 32.2. The highest BCUT2D eigenvalue weighted by Gasteiger charge is 2.26. The third kappa shape index (κ3) is 4.49. The Hall–Kier alpha value is -2.72. The molecular weight excluding hydrogens is 416 g/mol. The predicted molar refractivity (Wildman–Crippen MR) is 120 cm³/mol. The summed E-state index contributed by atoms with van der Waals surface area (Å²) >= 11 is 0. The van der Waals surface area contributed by atoms with Crippen LogP contribution in [0.5, 0.6) is 0 Å². The van der Waals surface area contributed by atoms with Crippen LogP contribution in [-0.4, -0.2) is 58.6 Å². The van der Waals surface area contributed by atoms with E-state index < -0.39 is 9.84 Å². The van der Waals surface area contributed by atoms with Crippen LogP contribution in [0.15, 0.2) is 35.4 Å². The van der Waals surface area contributed by atoms with Crippen LogP contribution in [0, 0.1) is 0 Å². The van der Waals surface area contributed by atoms with E-state index in [2.05, 4.69) is 22.2 Å². The quantitative estimate of drug-likeness (QED) is 0.572. The van der Waals surface area contributed by atoms with Crippen molar-refractivity contribution in [3.63, 3.8) is 0 Å². The fraction of sp³-hybridized carbons (Fsp3) is 0.476. The van der Waals surface area contributed by atoms with Crippen LogP contribution in [-0.2, 0) is 16.3 Å². The Morgan fingerprint density at radius 1 is 1.19 bits per heavy atom. The third-order valence-corrected chi connectivity index (χ3v) is 6.82. The number of hydrogen-bond acceptors (Lipinski definition) is 8. The average molecular weight is 445 g/mol. The van der Waals surface area contributed by atoms with Crippen LogP contribution in [0.2, 0.25) is 0 Å². The molecule has 3 aromatic rings. The maximum atomic E-state index is 11.7. The van der Waals surface area contributed by atoms with Gasteiger partial charge in [0.1, 0.15) is 0 Å². The lowest BCUT2D eigenvalue weighted by Crippen LogP contribution is -2.41. The number of nitrogens with zero attached hydrogens (tertiary/aromatic N) is 5. The number of aliphatic hydroxyl groups excluding tert-OH is 1. The van der Waals surface area contributed by atoms with Crippen molar-refractivity contribution >= 4 is 33.1 Å². The number of aliphatic hydroxyl groups is 1. The lowest BCUT2D eigenvalue weighted by molar-refractivity contribution is 0.261. The lowest BCUT2D eigenvalue weighted by atomic mass is 10.0. The van der Waals surface area contributed by atoms with Crippen LogP contribution in [0.1, 0.15) is 38.2 Å². The predicted octanol–water partition coefficient (Wildman–Crippen LogP) is 2.58. The van der Waals surface area contributed by atoms with Gasteiger partial charge >= 0.3 is 0 Å². The summed E-state index contributed by atoms with van der Waals surface area (Å²) in [5.74, 6) is 1.14. The molecule has 0 spiro atoms. The van der Waals surface area contributed by atoms with Gasteiger partial charge in [0.15, 0.2) is 15.5 Å². The van der Waals surface area contributed by atoms with Crippen LogP contribution < -0.4 is 10.2 Å². The summed E-state index contributed by atoms with van der Waals surface area (Å²) in [5.41, 5.74) is 2.48. The Kier molecular flexibility index (Phi) is 6.10. The van der Waals surface area contributed by atoms with E-state index in [1.54, 1.807) is 35.0 Å². The van der Waals surface area contributed by atoms with Crippen molar-refractivity contribution in [1.82, 2.24) is 19.6 Å². The van der Waals surface area contributed by atoms with Gasteiger partial charge in [-0.15, -0.1) is 0 Å². The monoisotopic (exact) mass is 444 g/mol. The zero-order chi connectivity index (χ0) is 22.0. The first kappa shape index (κ1) is 21.5. The number of aryl methyl sites for hydroxylation is 1. The Balaban J connectivity index is 1.74. The van der Waals surface area contributed by atoms with E-state index in [4.69, 9.17) is 9.97 Å². The largest absolute Gasteiger partial charge is 0.396 e. The molecule has 31 heavy (non-hydrogen) atoms. The molecule has 0 bridgehead atoms. The third-order valence-electron chi connectivity index (χ3n) is 5.70. The minimum absolute atomic E-state index is 0.133. The number of hydrogen-bond donors (Lipinski definition) is 2. The van der Waals surface area contributed by atoms with Crippen molar-refractivity contribution in [3.05, 3.63) is 36.0 Å². The molecule has 0 aliphatic carbocycles. The van der Waals surface area contributed by atoms with E-state index in [0.717, 1.165) is 43.4 Å². The van der Waals surface area contributed by atoms with Gasteiger partial charge in [0.05, 0.1) is 11.1 Å². The molecule has 1 unspecified atom stereocenters. The van der Waals surface area contributed by atoms with E-state index in [1.807, 2.05) is 0 Å². The molecule has 1 fully saturated rings. The van der Waals surface area contributed by atoms with Crippen LogP contribution >= 0.6 is 0 Å². The van der Waals surface area contributed by atoms with Gasteiger partial charge in [-0.1, -0.05) is 6.92 Å². The minimum Gasteiger partial charge on any atom is -0.396 e. The summed E-state index contributed by atoms with van der Waals surface area (Å²) < 4.78 is 25.2. The molecule has 1 aromatic carbocycles. The lowest BCUT2D eigenvalue weighted by Gasteiger charge is -2.35. The molecule has 10 heteroatoms. The molecule has 1 atom stereocenters. The average Bonchev–Trinajstić information content (AvgIpc) is 3.17. The van der Waals surface area contributed by atoms with Gasteiger partial charge in [-0.25, -0.2) is 8.42 Å². The van der Waals surface area contributed by atoms with Gasteiger partial charge in [0.2, 0.25) is 11.9 Å². The number of piperidine rings is 1. The summed E-state index contributed by atoms with van der Waals surface area (Å²) in [7, 11) is -3.26. The van der Waals surface area contributed by atoms with Crippen LogP contribution in [0.25, 0.3) is 5.65 Å². The van der Waals surface area contributed by atoms with Gasteiger partial charge in [-0.3, -0.25) is 0 Å². The number of rotatable bonds is 7. The first-order valence-corrected chi connectivity index (χ1v) is 12.5. The van der Waals surface area contributed by atoms with Gasteiger partial charge in [0, 0.05) is 36.7 Å². The van der Waals surface area contributed by atoms with E-state index >= 15 is 0 Å². The highest BCUT2D eigenvalue weighted by molar-refractivity contribution is 7.90. The maximum Gasteiger partial charge on any atom is 0.233 e. The van der Waals surface area contributed by atoms with Crippen molar-refractivity contribution in [2.24, 2.45) is 0 Å². The van der Waals surface area contributed by atoms with Crippen molar-refractivity contribution in [2.75, 3.05) is 29.6 Å². The summed E-state index contributed by atoms with van der Waals surface area (Å²) in [6, 6.07) is 6.77. The fourth-order valence-corrected chi connectivity index (χ4v) is 4.63. The Bertz CT molecular complexity index is 1160. The second kappa shape index (κ2) is 8.80. The highest BCUT2D eigenvalue weighted by Crippen LogP contribution is 2.27. The molecule has 2 aromatic heterocycles. The van der Waals surface area contributed by atoms with E-state index in [-0.39, 0.29) is 17.5 Å². The van der Waals surface area contributed by atoms with E-state index in [1.165, 1.54) is 6.26 Å². The van der Waals surface area contributed by atoms with Crippen molar-refractivity contribution < 1.29 is 13.5 Å². The maximum absolute atomic E-state index is 11.7. The Labute approximate surface area is 182 Å². The summed E-state index contributed by atoms with van der Waals surface area (Å²) in [6.07, 6.45) is 7.66. The van der Waals surface area contributed by atoms with Gasteiger partial charge in [-0.05, 0) is 56.4 Å². The van der Waals surface area contributed by atoms with Gasteiger partial charge < -0.3 is 15.3 Å². The molecule has 4 rings (SSSR count). The fourth-order valence-electron chi connectivity index (χ4n) is 4.00. The number of nitrogens with one attached hydrogen (secondary N) is 1. The topological polar surface area (TPSA) is 113 Å². The number of sulfone groups is 1. The number of benzene rings is 1. The zero-order valence-corrected chi connectivity index (χ0v) is 18.6. The number of fused-ring (bicyclic) bond motifs is 1. The molecule has 1 aliphatic heterocycles. The second-order valence-corrected chi connectivity index (χ2v) is 9.90. The molecule has 2 N–H and O–H groups in total. The molecule has 166 valence electrons. The van der Waals surface area contributed by atoms with Gasteiger partial charge in [0.25, 0.3) is 0 Å². The summed E-state index contributed by atoms with van der Waals surface area (Å²) in [4.78, 5) is 12.0. The summed E-state index contributed by atoms with van der Waals surface area (Å²) in [5, 5.41) is 17.2. The minimum atomic E-state index is -3.26. The molecular formula is C21H28N6O3S. The molecule has 0 amide bonds. The van der Waals surface area contributed by atoms with E-state index in [0.29, 0.717) is 24.0 Å². The van der Waals surface area contributed by atoms with Crippen molar-refractivity contribution in [1.29, 1.82) is 0 Å². The molecule has 0 radical (unpaired) electrons. The zero-order valence-electron chi connectivity index (χ0n) is 17.8. The van der Waals surface area contributed by atoms with Crippen molar-refractivity contribution in [2.45, 2.75) is 50.0 Å². The standard InChI is InChI=1S/C21H28N6O3S/c1-3-15-14-22-27-19(15)24-20(26-12-5-4-6-17(26)11-13-28)25-21(27)23-16-7-9-18(10-8-16)31(2,29)30/h7-10,14,17,28H,3-6,11-13H2,1-2H3,(H,23,24,25). The molecule has 1 aliphatic rings. The first-order valence-electron chi connectivity index (χ1n) is 10.6. The number of anilines is 3. The molecule has 0 saturated carbocycles. The number of aromatic nitrogens is 4. The van der Waals surface area contributed by atoms with E-state index in [9.17, 15) is 13.5 Å². The second-order valence-electron chi connectivity index (χ2n) is 7.88. The van der Waals surface area contributed by atoms with Crippen LogP contribution in [0.3, 0.4) is 0 Å². The van der Waals surface area contributed by atoms with Crippen LogP contribution in [0.4, 0.5) is 17.6 Å².